The van der Waals surface area contributed by atoms with E-state index in [-0.39, 0.29) is 11.6 Å². The first kappa shape index (κ1) is 14.6. The Morgan fingerprint density at radius 3 is 2.53 bits per heavy atom. The fraction of sp³-hybridized carbons (Fsp3) is 0.929. The monoisotopic (exact) mass is 269 g/mol. The third-order valence-electron chi connectivity index (χ3n) is 4.35. The number of amides is 2. The number of carbonyl (C=O) groups is 1. The molecule has 0 atom stereocenters. The van der Waals surface area contributed by atoms with Gasteiger partial charge in [-0.1, -0.05) is 6.92 Å². The molecule has 1 saturated heterocycles. The van der Waals surface area contributed by atoms with Gasteiger partial charge in [-0.2, -0.15) is 0 Å². The summed E-state index contributed by atoms with van der Waals surface area (Å²) >= 11 is 0. The maximum atomic E-state index is 11.8. The van der Waals surface area contributed by atoms with Gasteiger partial charge in [-0.15, -0.1) is 0 Å². The molecule has 2 aliphatic rings. The first-order valence-corrected chi connectivity index (χ1v) is 7.40. The summed E-state index contributed by atoms with van der Waals surface area (Å²) in [7, 11) is 0. The van der Waals surface area contributed by atoms with Gasteiger partial charge >= 0.3 is 6.03 Å². The molecule has 0 unspecified atom stereocenters. The minimum absolute atomic E-state index is 0.0303. The van der Waals surface area contributed by atoms with Gasteiger partial charge < -0.3 is 15.4 Å². The van der Waals surface area contributed by atoms with Crippen LogP contribution in [-0.4, -0.2) is 54.9 Å². The summed E-state index contributed by atoms with van der Waals surface area (Å²) in [4.78, 5) is 14.3. The number of carbonyl (C=O) groups excluding carboxylic acids is 1. The summed E-state index contributed by atoms with van der Waals surface area (Å²) in [6, 6.07) is 0.936. The fourth-order valence-corrected chi connectivity index (χ4v) is 2.56. The summed E-state index contributed by atoms with van der Waals surface area (Å²) in [5.41, 5.74) is -0.128. The zero-order chi connectivity index (χ0) is 13.9. The smallest absolute Gasteiger partial charge is 0.315 e. The molecule has 0 aromatic rings. The minimum atomic E-state index is -0.128. The van der Waals surface area contributed by atoms with E-state index in [0.29, 0.717) is 12.1 Å². The van der Waals surface area contributed by atoms with Crippen molar-refractivity contribution in [2.45, 2.75) is 57.7 Å². The first-order valence-electron chi connectivity index (χ1n) is 7.40. The third kappa shape index (κ3) is 4.08. The molecule has 1 heterocycles. The van der Waals surface area contributed by atoms with Crippen LogP contribution in [-0.2, 0) is 4.74 Å². The van der Waals surface area contributed by atoms with E-state index in [1.54, 1.807) is 0 Å². The van der Waals surface area contributed by atoms with Gasteiger partial charge in [0.25, 0.3) is 0 Å². The highest BCUT2D eigenvalue weighted by molar-refractivity contribution is 5.75. The van der Waals surface area contributed by atoms with Crippen molar-refractivity contribution >= 4 is 6.03 Å². The summed E-state index contributed by atoms with van der Waals surface area (Å²) in [6.07, 6.45) is 3.07. The van der Waals surface area contributed by atoms with Crippen molar-refractivity contribution in [3.8, 4) is 0 Å². The van der Waals surface area contributed by atoms with Crippen LogP contribution >= 0.6 is 0 Å². The Morgan fingerprint density at radius 2 is 1.95 bits per heavy atom. The Bertz CT molecular complexity index is 308. The van der Waals surface area contributed by atoms with E-state index in [0.717, 1.165) is 45.6 Å². The molecule has 19 heavy (non-hydrogen) atoms. The molecular formula is C14H27N3O2. The second-order valence-electron chi connectivity index (χ2n) is 6.31. The van der Waals surface area contributed by atoms with Crippen LogP contribution in [0.25, 0.3) is 0 Å². The molecule has 5 nitrogen and oxygen atoms in total. The zero-order valence-corrected chi connectivity index (χ0v) is 12.4. The molecule has 5 heteroatoms. The van der Waals surface area contributed by atoms with E-state index >= 15 is 0 Å². The van der Waals surface area contributed by atoms with Gasteiger partial charge in [0.15, 0.2) is 0 Å². The van der Waals surface area contributed by atoms with Crippen molar-refractivity contribution in [2.24, 2.45) is 0 Å². The van der Waals surface area contributed by atoms with Crippen LogP contribution in [0.5, 0.6) is 0 Å². The molecule has 0 spiro atoms. The Labute approximate surface area is 116 Å². The van der Waals surface area contributed by atoms with Gasteiger partial charge in [0, 0.05) is 30.7 Å². The SMILES string of the molecule is CCC(C)(C)NC(=O)NC1CC(N2CCOCC2)C1. The zero-order valence-electron chi connectivity index (χ0n) is 12.4. The van der Waals surface area contributed by atoms with Gasteiger partial charge in [0.1, 0.15) is 0 Å². The van der Waals surface area contributed by atoms with Gasteiger partial charge in [0.05, 0.1) is 13.2 Å². The molecule has 2 rings (SSSR count). The maximum absolute atomic E-state index is 11.8. The minimum Gasteiger partial charge on any atom is -0.379 e. The number of rotatable bonds is 4. The van der Waals surface area contributed by atoms with Gasteiger partial charge in [-0.25, -0.2) is 4.79 Å². The number of nitrogens with one attached hydrogen (secondary N) is 2. The highest BCUT2D eigenvalue weighted by Crippen LogP contribution is 2.26. The topological polar surface area (TPSA) is 53.6 Å². The molecule has 0 aromatic carbocycles. The number of urea groups is 1. The van der Waals surface area contributed by atoms with E-state index in [2.05, 4.69) is 22.5 Å². The van der Waals surface area contributed by atoms with E-state index in [1.165, 1.54) is 0 Å². The number of hydrogen-bond acceptors (Lipinski definition) is 3. The van der Waals surface area contributed by atoms with E-state index in [4.69, 9.17) is 4.74 Å². The number of hydrogen-bond donors (Lipinski definition) is 2. The predicted octanol–water partition coefficient (Wildman–Crippen LogP) is 1.34. The first-order chi connectivity index (χ1) is 9.00. The lowest BCUT2D eigenvalue weighted by Crippen LogP contribution is -2.59. The molecule has 110 valence electrons. The largest absolute Gasteiger partial charge is 0.379 e. The van der Waals surface area contributed by atoms with Crippen LogP contribution in [0, 0.1) is 0 Å². The lowest BCUT2D eigenvalue weighted by molar-refractivity contribution is -0.00884. The summed E-state index contributed by atoms with van der Waals surface area (Å²) < 4.78 is 5.36. The van der Waals surface area contributed by atoms with E-state index in [1.807, 2.05) is 13.8 Å². The maximum Gasteiger partial charge on any atom is 0.315 e. The van der Waals surface area contributed by atoms with E-state index in [9.17, 15) is 4.79 Å². The van der Waals surface area contributed by atoms with Crippen LogP contribution in [0.4, 0.5) is 4.79 Å². The average molecular weight is 269 g/mol. The molecule has 0 aromatic heterocycles. The Balaban J connectivity index is 1.65. The third-order valence-corrected chi connectivity index (χ3v) is 4.35. The number of ether oxygens (including phenoxy) is 1. The second kappa shape index (κ2) is 6.09. The molecule has 1 aliphatic carbocycles. The summed E-state index contributed by atoms with van der Waals surface area (Å²) in [6.45, 7) is 9.93. The molecule has 2 N–H and O–H groups in total. The molecular weight excluding hydrogens is 242 g/mol. The normalized spacial score (nSPS) is 28.6. The van der Waals surface area contributed by atoms with Crippen LogP contribution in [0.2, 0.25) is 0 Å². The average Bonchev–Trinajstić information content (AvgIpc) is 2.34. The van der Waals surface area contributed by atoms with Crippen LogP contribution in [0.15, 0.2) is 0 Å². The lowest BCUT2D eigenvalue weighted by atomic mass is 9.85. The van der Waals surface area contributed by atoms with E-state index < -0.39 is 0 Å². The molecule has 1 aliphatic heterocycles. The van der Waals surface area contributed by atoms with Crippen molar-refractivity contribution in [1.29, 1.82) is 0 Å². The fourth-order valence-electron chi connectivity index (χ4n) is 2.56. The summed E-state index contributed by atoms with van der Waals surface area (Å²) in [5.74, 6) is 0. The summed E-state index contributed by atoms with van der Waals surface area (Å²) in [5, 5.41) is 6.08. The molecule has 1 saturated carbocycles. The Hall–Kier alpha value is -0.810. The molecule has 0 radical (unpaired) electrons. The van der Waals surface area contributed by atoms with Crippen molar-refractivity contribution < 1.29 is 9.53 Å². The highest BCUT2D eigenvalue weighted by Gasteiger charge is 2.35. The molecule has 2 fully saturated rings. The van der Waals surface area contributed by atoms with Gasteiger partial charge in [-0.05, 0) is 33.1 Å². The van der Waals surface area contributed by atoms with Crippen LogP contribution < -0.4 is 10.6 Å². The highest BCUT2D eigenvalue weighted by atomic mass is 16.5. The van der Waals surface area contributed by atoms with Crippen LogP contribution in [0.1, 0.15) is 40.0 Å². The van der Waals surface area contributed by atoms with Gasteiger partial charge in [-0.3, -0.25) is 4.90 Å². The Morgan fingerprint density at radius 1 is 1.32 bits per heavy atom. The lowest BCUT2D eigenvalue weighted by Gasteiger charge is -2.44. The van der Waals surface area contributed by atoms with Crippen LogP contribution in [0.3, 0.4) is 0 Å². The predicted molar refractivity (Wildman–Crippen MR) is 75.2 cm³/mol. The second-order valence-corrected chi connectivity index (χ2v) is 6.31. The standard InChI is InChI=1S/C14H27N3O2/c1-4-14(2,3)16-13(18)15-11-9-12(10-11)17-5-7-19-8-6-17/h11-12H,4-10H2,1-3H3,(H2,15,16,18). The van der Waals surface area contributed by atoms with Crippen molar-refractivity contribution in [3.63, 3.8) is 0 Å². The van der Waals surface area contributed by atoms with Crippen molar-refractivity contribution in [3.05, 3.63) is 0 Å². The van der Waals surface area contributed by atoms with Crippen molar-refractivity contribution in [2.75, 3.05) is 26.3 Å². The van der Waals surface area contributed by atoms with Crippen molar-refractivity contribution in [1.82, 2.24) is 15.5 Å². The Kier molecular flexibility index (Phi) is 4.68. The molecule has 0 bridgehead atoms. The quantitative estimate of drug-likeness (QED) is 0.810. The number of morpholine rings is 1. The molecule has 2 amide bonds. The van der Waals surface area contributed by atoms with Gasteiger partial charge in [0.2, 0.25) is 0 Å². The number of nitrogens with zero attached hydrogens (tertiary/aromatic N) is 1.